The second kappa shape index (κ2) is 8.87. The molecule has 2 N–H and O–H groups in total. The van der Waals surface area contributed by atoms with E-state index in [9.17, 15) is 23.3 Å². The predicted molar refractivity (Wildman–Crippen MR) is 105 cm³/mol. The molecule has 0 amide bonds. The highest BCUT2D eigenvalue weighted by atomic mass is 32.1. The molecule has 150 valence electrons. The van der Waals surface area contributed by atoms with Crippen molar-refractivity contribution in [2.45, 2.75) is 25.9 Å². The van der Waals surface area contributed by atoms with Gasteiger partial charge in [-0.15, -0.1) is 0 Å². The number of ether oxygens (including phenoxy) is 1. The maximum atomic E-state index is 12.3. The fourth-order valence-electron chi connectivity index (χ4n) is 2.25. The molecule has 0 heterocycles. The molecular formula is C18H18F3N3O3S. The largest absolute Gasteiger partial charge is 0.484 e. The maximum absolute atomic E-state index is 12.3. The summed E-state index contributed by atoms with van der Waals surface area (Å²) in [5.74, 6) is 0.0808. The lowest BCUT2D eigenvalue weighted by Crippen LogP contribution is -2.20. The SMILES string of the molecule is CC(C)c1ccc(NC(=S)Nc2cc(OCC(F)(F)F)cc([N+](=O)[O-])c2)cc1. The van der Waals surface area contributed by atoms with Gasteiger partial charge in [0.2, 0.25) is 0 Å². The molecule has 0 aliphatic rings. The molecule has 0 radical (unpaired) electrons. The van der Waals surface area contributed by atoms with Gasteiger partial charge < -0.3 is 15.4 Å². The van der Waals surface area contributed by atoms with Crippen LogP contribution < -0.4 is 15.4 Å². The summed E-state index contributed by atoms with van der Waals surface area (Å²) >= 11 is 5.17. The molecule has 0 aliphatic heterocycles. The molecule has 28 heavy (non-hydrogen) atoms. The van der Waals surface area contributed by atoms with Gasteiger partial charge in [0, 0.05) is 17.8 Å². The Hall–Kier alpha value is -2.88. The van der Waals surface area contributed by atoms with Gasteiger partial charge in [0.05, 0.1) is 16.7 Å². The first-order valence-corrected chi connectivity index (χ1v) is 8.61. The summed E-state index contributed by atoms with van der Waals surface area (Å²) in [5, 5.41) is 16.8. The van der Waals surface area contributed by atoms with Crippen molar-refractivity contribution in [2.75, 3.05) is 17.2 Å². The number of thiocarbonyl (C=S) groups is 1. The molecule has 6 nitrogen and oxygen atoms in total. The van der Waals surface area contributed by atoms with Crippen molar-refractivity contribution in [3.63, 3.8) is 0 Å². The molecule has 0 fully saturated rings. The van der Waals surface area contributed by atoms with E-state index in [2.05, 4.69) is 29.2 Å². The monoisotopic (exact) mass is 413 g/mol. The zero-order chi connectivity index (χ0) is 20.9. The van der Waals surface area contributed by atoms with Gasteiger partial charge >= 0.3 is 6.18 Å². The third-order valence-electron chi connectivity index (χ3n) is 3.60. The molecule has 0 aliphatic carbocycles. The van der Waals surface area contributed by atoms with Crippen molar-refractivity contribution in [1.29, 1.82) is 0 Å². The first kappa shape index (κ1) is 21.4. The molecule has 2 aromatic carbocycles. The third kappa shape index (κ3) is 6.69. The van der Waals surface area contributed by atoms with Gasteiger partial charge in [-0.2, -0.15) is 13.2 Å². The lowest BCUT2D eigenvalue weighted by atomic mass is 10.0. The Morgan fingerprint density at radius 1 is 1.14 bits per heavy atom. The lowest BCUT2D eigenvalue weighted by molar-refractivity contribution is -0.384. The van der Waals surface area contributed by atoms with Crippen LogP contribution in [0.15, 0.2) is 42.5 Å². The van der Waals surface area contributed by atoms with Gasteiger partial charge in [-0.05, 0) is 35.8 Å². The first-order chi connectivity index (χ1) is 13.0. The number of nitrogens with one attached hydrogen (secondary N) is 2. The minimum atomic E-state index is -4.56. The summed E-state index contributed by atoms with van der Waals surface area (Å²) in [5.41, 5.74) is 1.55. The normalized spacial score (nSPS) is 11.2. The highest BCUT2D eigenvalue weighted by molar-refractivity contribution is 7.80. The van der Waals surface area contributed by atoms with Gasteiger partial charge in [-0.25, -0.2) is 0 Å². The van der Waals surface area contributed by atoms with Crippen LogP contribution in [0.4, 0.5) is 30.2 Å². The van der Waals surface area contributed by atoms with Crippen molar-refractivity contribution in [3.8, 4) is 5.75 Å². The van der Waals surface area contributed by atoms with E-state index in [0.29, 0.717) is 11.6 Å². The summed E-state index contributed by atoms with van der Waals surface area (Å²) in [6.07, 6.45) is -4.56. The van der Waals surface area contributed by atoms with E-state index in [1.807, 2.05) is 24.3 Å². The van der Waals surface area contributed by atoms with Crippen LogP contribution in [-0.2, 0) is 0 Å². The number of non-ortho nitro benzene ring substituents is 1. The van der Waals surface area contributed by atoms with Crippen molar-refractivity contribution in [2.24, 2.45) is 0 Å². The van der Waals surface area contributed by atoms with Gasteiger partial charge in [-0.1, -0.05) is 26.0 Å². The van der Waals surface area contributed by atoms with Crippen LogP contribution >= 0.6 is 12.2 Å². The minimum absolute atomic E-state index is 0.125. The summed E-state index contributed by atoms with van der Waals surface area (Å²) in [4.78, 5) is 10.3. The fourth-order valence-corrected chi connectivity index (χ4v) is 2.49. The van der Waals surface area contributed by atoms with Gasteiger partial charge in [0.25, 0.3) is 5.69 Å². The summed E-state index contributed by atoms with van der Waals surface area (Å²) in [6.45, 7) is 2.57. The second-order valence-corrected chi connectivity index (χ2v) is 6.64. The Morgan fingerprint density at radius 2 is 1.75 bits per heavy atom. The van der Waals surface area contributed by atoms with E-state index in [1.54, 1.807) is 0 Å². The summed E-state index contributed by atoms with van der Waals surface area (Å²) in [6, 6.07) is 10.8. The van der Waals surface area contributed by atoms with E-state index in [0.717, 1.165) is 17.7 Å². The van der Waals surface area contributed by atoms with E-state index < -0.39 is 23.4 Å². The number of hydrogen-bond acceptors (Lipinski definition) is 4. The molecule has 0 saturated heterocycles. The van der Waals surface area contributed by atoms with Crippen LogP contribution in [0.5, 0.6) is 5.75 Å². The van der Waals surface area contributed by atoms with Crippen LogP contribution in [-0.4, -0.2) is 22.8 Å². The Labute approximate surface area is 164 Å². The Morgan fingerprint density at radius 3 is 2.29 bits per heavy atom. The lowest BCUT2D eigenvalue weighted by Gasteiger charge is -2.14. The fraction of sp³-hybridized carbons (Fsp3) is 0.278. The molecule has 0 bridgehead atoms. The smallest absolute Gasteiger partial charge is 0.422 e. The number of nitrogens with zero attached hydrogens (tertiary/aromatic N) is 1. The van der Waals surface area contributed by atoms with Crippen LogP contribution in [0.1, 0.15) is 25.3 Å². The molecule has 0 spiro atoms. The quantitative estimate of drug-likeness (QED) is 0.372. The van der Waals surface area contributed by atoms with E-state index in [1.165, 1.54) is 6.07 Å². The van der Waals surface area contributed by atoms with Gasteiger partial charge in [-0.3, -0.25) is 10.1 Å². The zero-order valence-electron chi connectivity index (χ0n) is 15.0. The van der Waals surface area contributed by atoms with Crippen LogP contribution in [0.2, 0.25) is 0 Å². The van der Waals surface area contributed by atoms with Crippen molar-refractivity contribution in [1.82, 2.24) is 0 Å². The standard InChI is InChI=1S/C18H18F3N3O3S/c1-11(2)12-3-5-13(6-4-12)22-17(28)23-14-7-15(24(25)26)9-16(8-14)27-10-18(19,20)21/h3-9,11H,10H2,1-2H3,(H2,22,23,28). The van der Waals surface area contributed by atoms with Crippen LogP contribution in [0.25, 0.3) is 0 Å². The molecular weight excluding hydrogens is 395 g/mol. The summed E-state index contributed by atoms with van der Waals surface area (Å²) in [7, 11) is 0. The number of alkyl halides is 3. The number of rotatable bonds is 6. The minimum Gasteiger partial charge on any atom is -0.484 e. The number of benzene rings is 2. The highest BCUT2D eigenvalue weighted by Gasteiger charge is 2.28. The van der Waals surface area contributed by atoms with Gasteiger partial charge in [0.15, 0.2) is 11.7 Å². The average molecular weight is 413 g/mol. The zero-order valence-corrected chi connectivity index (χ0v) is 15.9. The van der Waals surface area contributed by atoms with Crippen LogP contribution in [0, 0.1) is 10.1 Å². The average Bonchev–Trinajstić information content (AvgIpc) is 2.59. The van der Waals surface area contributed by atoms with Crippen molar-refractivity contribution in [3.05, 3.63) is 58.1 Å². The number of halogens is 3. The number of nitro benzene ring substituents is 1. The summed E-state index contributed by atoms with van der Waals surface area (Å²) < 4.78 is 41.6. The van der Waals surface area contributed by atoms with E-state index >= 15 is 0 Å². The molecule has 0 unspecified atom stereocenters. The Bertz CT molecular complexity index is 855. The molecule has 0 saturated carbocycles. The van der Waals surface area contributed by atoms with Crippen molar-refractivity contribution < 1.29 is 22.8 Å². The Balaban J connectivity index is 2.11. The number of hydrogen-bond donors (Lipinski definition) is 2. The number of anilines is 2. The van der Waals surface area contributed by atoms with E-state index in [-0.39, 0.29) is 16.5 Å². The van der Waals surface area contributed by atoms with E-state index in [4.69, 9.17) is 12.2 Å². The highest BCUT2D eigenvalue weighted by Crippen LogP contribution is 2.28. The number of nitro groups is 1. The van der Waals surface area contributed by atoms with Crippen molar-refractivity contribution >= 4 is 34.4 Å². The molecule has 10 heteroatoms. The molecule has 2 rings (SSSR count). The van der Waals surface area contributed by atoms with Gasteiger partial charge in [0.1, 0.15) is 5.75 Å². The predicted octanol–water partition coefficient (Wildman–Crippen LogP) is 5.47. The molecule has 0 aromatic heterocycles. The molecule has 2 aromatic rings. The van der Waals surface area contributed by atoms with Crippen LogP contribution in [0.3, 0.4) is 0 Å². The third-order valence-corrected chi connectivity index (χ3v) is 3.80. The molecule has 0 atom stereocenters. The topological polar surface area (TPSA) is 76.4 Å². The first-order valence-electron chi connectivity index (χ1n) is 8.20. The Kier molecular flexibility index (Phi) is 6.79. The maximum Gasteiger partial charge on any atom is 0.422 e. The second-order valence-electron chi connectivity index (χ2n) is 6.23.